The number of hydrogen-bond acceptors (Lipinski definition) is 5. The Morgan fingerprint density at radius 1 is 1.43 bits per heavy atom. The van der Waals surface area contributed by atoms with Crippen LogP contribution in [0.1, 0.15) is 18.1 Å². The zero-order chi connectivity index (χ0) is 17.6. The summed E-state index contributed by atoms with van der Waals surface area (Å²) in [5, 5.41) is 4.52. The van der Waals surface area contributed by atoms with Crippen LogP contribution in [0.25, 0.3) is 0 Å². The minimum atomic E-state index is -4.49. The molecule has 0 spiro atoms. The Balaban J connectivity index is 2.84. The van der Waals surface area contributed by atoms with Crippen molar-refractivity contribution in [2.75, 3.05) is 13.2 Å². The van der Waals surface area contributed by atoms with E-state index in [1.807, 2.05) is 0 Å². The molecule has 0 heterocycles. The molecule has 0 saturated carbocycles. The van der Waals surface area contributed by atoms with Gasteiger partial charge in [-0.05, 0) is 19.1 Å². The van der Waals surface area contributed by atoms with Gasteiger partial charge in [0.25, 0.3) is 0 Å². The van der Waals surface area contributed by atoms with Crippen molar-refractivity contribution in [3.63, 3.8) is 0 Å². The molecule has 1 rings (SSSR count). The Hall–Kier alpha value is -2.55. The number of hydrazine groups is 1. The number of nitrogens with zero attached hydrogens (tertiary/aromatic N) is 2. The number of halogens is 3. The summed E-state index contributed by atoms with van der Waals surface area (Å²) in [6.07, 6.45) is -4.49. The fourth-order valence-corrected chi connectivity index (χ4v) is 1.58. The molecule has 0 aliphatic carbocycles. The van der Waals surface area contributed by atoms with Gasteiger partial charge < -0.3 is 10.5 Å². The van der Waals surface area contributed by atoms with E-state index in [4.69, 9.17) is 16.3 Å². The number of ether oxygens (including phenoxy) is 1. The molecule has 0 fully saturated rings. The highest BCUT2D eigenvalue weighted by atomic mass is 19.4. The molecular weight excluding hydrogens is 313 g/mol. The van der Waals surface area contributed by atoms with E-state index in [0.29, 0.717) is 0 Å². The number of carbonyl (C=O) groups excluding carboxylic acids is 1. The molecule has 126 valence electrons. The Morgan fingerprint density at radius 2 is 2.09 bits per heavy atom. The van der Waals surface area contributed by atoms with Crippen LogP contribution >= 0.6 is 0 Å². The third-order valence-corrected chi connectivity index (χ3v) is 2.64. The number of hydrazone groups is 1. The monoisotopic (exact) mass is 330 g/mol. The number of rotatable bonds is 6. The second-order valence-corrected chi connectivity index (χ2v) is 4.49. The molecule has 6 nitrogen and oxygen atoms in total. The van der Waals surface area contributed by atoms with Crippen molar-refractivity contribution < 1.29 is 22.7 Å². The van der Waals surface area contributed by atoms with E-state index in [1.54, 1.807) is 6.92 Å². The summed E-state index contributed by atoms with van der Waals surface area (Å²) in [5.74, 6) is 4.68. The molecule has 0 unspecified atom stereocenters. The van der Waals surface area contributed by atoms with Gasteiger partial charge in [0, 0.05) is 5.56 Å². The van der Waals surface area contributed by atoms with Gasteiger partial charge in [0.05, 0.1) is 24.3 Å². The summed E-state index contributed by atoms with van der Waals surface area (Å²) in [7, 11) is 0. The molecule has 4 N–H and O–H groups in total. The molecule has 0 aliphatic rings. The van der Waals surface area contributed by atoms with Gasteiger partial charge in [-0.2, -0.15) is 13.2 Å². The van der Waals surface area contributed by atoms with Gasteiger partial charge in [-0.1, -0.05) is 18.7 Å². The average molecular weight is 330 g/mol. The largest absolute Gasteiger partial charge is 0.463 e. The standard InChI is InChI=1S/C14H17F3N4O2/c1-3-23-13(22)9(2)8-21(19)20-12(18)10-5-4-6-11(7-10)14(15,16)17/h4-7H,2-3,8,19H2,1H3,(H2,18,20). The van der Waals surface area contributed by atoms with E-state index in [0.717, 1.165) is 17.3 Å². The lowest BCUT2D eigenvalue weighted by molar-refractivity contribution is -0.139. The molecule has 0 atom stereocenters. The minimum Gasteiger partial charge on any atom is -0.463 e. The highest BCUT2D eigenvalue weighted by molar-refractivity contribution is 5.97. The van der Waals surface area contributed by atoms with E-state index < -0.39 is 17.7 Å². The minimum absolute atomic E-state index is 0.0370. The Morgan fingerprint density at radius 3 is 2.65 bits per heavy atom. The SMILES string of the molecule is C=C(CN(N)/N=C(\N)c1cccc(C(F)(F)F)c1)C(=O)OCC. The maximum atomic E-state index is 12.6. The summed E-state index contributed by atoms with van der Waals surface area (Å²) in [6.45, 7) is 5.12. The van der Waals surface area contributed by atoms with Crippen molar-refractivity contribution in [2.24, 2.45) is 16.7 Å². The summed E-state index contributed by atoms with van der Waals surface area (Å²) < 4.78 is 42.7. The Kier molecular flexibility index (Phi) is 6.14. The molecule has 0 radical (unpaired) electrons. The molecule has 0 aromatic heterocycles. The maximum absolute atomic E-state index is 12.6. The van der Waals surface area contributed by atoms with Crippen LogP contribution in [0.2, 0.25) is 0 Å². The molecule has 9 heteroatoms. The number of carbonyl (C=O) groups is 1. The summed E-state index contributed by atoms with van der Waals surface area (Å²) in [4.78, 5) is 11.4. The zero-order valence-electron chi connectivity index (χ0n) is 12.4. The number of amidine groups is 1. The fourth-order valence-electron chi connectivity index (χ4n) is 1.58. The second-order valence-electron chi connectivity index (χ2n) is 4.49. The lowest BCUT2D eigenvalue weighted by atomic mass is 10.1. The first-order valence-electron chi connectivity index (χ1n) is 6.54. The quantitative estimate of drug-likeness (QED) is 0.206. The highest BCUT2D eigenvalue weighted by Gasteiger charge is 2.30. The lowest BCUT2D eigenvalue weighted by Gasteiger charge is -2.15. The number of nitrogens with two attached hydrogens (primary N) is 2. The van der Waals surface area contributed by atoms with Gasteiger partial charge in [0.1, 0.15) is 0 Å². The summed E-state index contributed by atoms with van der Waals surface area (Å²) >= 11 is 0. The van der Waals surface area contributed by atoms with Gasteiger partial charge in [-0.25, -0.2) is 15.8 Å². The van der Waals surface area contributed by atoms with E-state index >= 15 is 0 Å². The first-order chi connectivity index (χ1) is 10.6. The maximum Gasteiger partial charge on any atom is 0.416 e. The van der Waals surface area contributed by atoms with Crippen molar-refractivity contribution in [3.05, 3.63) is 47.5 Å². The fraction of sp³-hybridized carbons (Fsp3) is 0.286. The number of esters is 1. The van der Waals surface area contributed by atoms with Crippen LogP contribution in [-0.2, 0) is 15.7 Å². The molecule has 0 saturated heterocycles. The summed E-state index contributed by atoms with van der Waals surface area (Å²) in [6, 6.07) is 4.34. The van der Waals surface area contributed by atoms with Gasteiger partial charge in [0.2, 0.25) is 0 Å². The molecular formula is C14H17F3N4O2. The van der Waals surface area contributed by atoms with Crippen molar-refractivity contribution in [1.29, 1.82) is 0 Å². The van der Waals surface area contributed by atoms with E-state index in [1.165, 1.54) is 12.1 Å². The predicted molar refractivity (Wildman–Crippen MR) is 78.8 cm³/mol. The average Bonchev–Trinajstić information content (AvgIpc) is 2.46. The summed E-state index contributed by atoms with van der Waals surface area (Å²) in [5.41, 5.74) is 4.87. The number of benzene rings is 1. The van der Waals surface area contributed by atoms with Crippen molar-refractivity contribution in [2.45, 2.75) is 13.1 Å². The van der Waals surface area contributed by atoms with Crippen molar-refractivity contribution in [1.82, 2.24) is 5.12 Å². The van der Waals surface area contributed by atoms with Gasteiger partial charge in [-0.15, -0.1) is 5.10 Å². The van der Waals surface area contributed by atoms with Crippen LogP contribution in [0.15, 0.2) is 41.5 Å². The van der Waals surface area contributed by atoms with E-state index in [2.05, 4.69) is 11.7 Å². The van der Waals surface area contributed by atoms with E-state index in [9.17, 15) is 18.0 Å². The van der Waals surface area contributed by atoms with Crippen LogP contribution in [0.5, 0.6) is 0 Å². The van der Waals surface area contributed by atoms with Gasteiger partial charge >= 0.3 is 12.1 Å². The molecule has 0 bridgehead atoms. The van der Waals surface area contributed by atoms with E-state index in [-0.39, 0.29) is 30.1 Å². The first kappa shape index (κ1) is 18.5. The Bertz CT molecular complexity index is 614. The third kappa shape index (κ3) is 5.62. The molecule has 1 aromatic rings. The van der Waals surface area contributed by atoms with Gasteiger partial charge in [-0.3, -0.25) is 0 Å². The molecule has 0 amide bonds. The lowest BCUT2D eigenvalue weighted by Crippen LogP contribution is -2.33. The molecule has 23 heavy (non-hydrogen) atoms. The number of alkyl halides is 3. The first-order valence-corrected chi connectivity index (χ1v) is 6.54. The predicted octanol–water partition coefficient (Wildman–Crippen LogP) is 1.62. The van der Waals surface area contributed by atoms with Crippen molar-refractivity contribution >= 4 is 11.8 Å². The second kappa shape index (κ2) is 7.63. The van der Waals surface area contributed by atoms with Crippen LogP contribution < -0.4 is 11.6 Å². The van der Waals surface area contributed by atoms with Crippen LogP contribution in [-0.4, -0.2) is 30.1 Å². The molecule has 0 aliphatic heterocycles. The number of hydrogen-bond donors (Lipinski definition) is 2. The smallest absolute Gasteiger partial charge is 0.416 e. The third-order valence-electron chi connectivity index (χ3n) is 2.64. The Labute approximate surface area is 131 Å². The zero-order valence-corrected chi connectivity index (χ0v) is 12.4. The normalized spacial score (nSPS) is 12.0. The molecule has 1 aromatic carbocycles. The van der Waals surface area contributed by atoms with Gasteiger partial charge in [0.15, 0.2) is 5.84 Å². The van der Waals surface area contributed by atoms with Crippen molar-refractivity contribution in [3.8, 4) is 0 Å². The van der Waals surface area contributed by atoms with Crippen LogP contribution in [0.4, 0.5) is 13.2 Å². The topological polar surface area (TPSA) is 93.9 Å². The van der Waals surface area contributed by atoms with Crippen LogP contribution in [0.3, 0.4) is 0 Å². The van der Waals surface area contributed by atoms with Crippen LogP contribution in [0, 0.1) is 0 Å². The highest BCUT2D eigenvalue weighted by Crippen LogP contribution is 2.29.